The van der Waals surface area contributed by atoms with Crippen LogP contribution in [0, 0.1) is 5.92 Å². The summed E-state index contributed by atoms with van der Waals surface area (Å²) in [4.78, 5) is 12.3. The lowest BCUT2D eigenvalue weighted by atomic mass is 10.1. The summed E-state index contributed by atoms with van der Waals surface area (Å²) in [6, 6.07) is 7.36. The molecule has 0 aliphatic heterocycles. The molecule has 6 nitrogen and oxygen atoms in total. The highest BCUT2D eigenvalue weighted by Gasteiger charge is 2.16. The number of rotatable bonds is 7. The van der Waals surface area contributed by atoms with Crippen LogP contribution in [0.25, 0.3) is 11.3 Å². The fraction of sp³-hybridized carbons (Fsp3) is 0.412. The summed E-state index contributed by atoms with van der Waals surface area (Å²) in [5, 5.41) is 19.4. The minimum atomic E-state index is -0.546. The van der Waals surface area contributed by atoms with E-state index in [-0.39, 0.29) is 12.5 Å². The Bertz CT molecular complexity index is 635. The lowest BCUT2D eigenvalue weighted by molar-refractivity contribution is 0.0901. The molecule has 0 aliphatic rings. The monoisotopic (exact) mass is 317 g/mol. The number of carbonyl (C=O) groups is 1. The van der Waals surface area contributed by atoms with Crippen molar-refractivity contribution in [1.29, 1.82) is 0 Å². The van der Waals surface area contributed by atoms with Crippen LogP contribution in [0.15, 0.2) is 30.5 Å². The summed E-state index contributed by atoms with van der Waals surface area (Å²) in [7, 11) is 1.60. The van der Waals surface area contributed by atoms with Gasteiger partial charge in [0.2, 0.25) is 0 Å². The molecule has 0 spiro atoms. The molecule has 1 amide bonds. The Morgan fingerprint density at radius 3 is 2.65 bits per heavy atom. The van der Waals surface area contributed by atoms with Gasteiger partial charge in [-0.15, -0.1) is 0 Å². The van der Waals surface area contributed by atoms with E-state index in [1.807, 2.05) is 38.1 Å². The van der Waals surface area contributed by atoms with Gasteiger partial charge in [0.1, 0.15) is 5.75 Å². The number of H-pyrrole nitrogens is 1. The van der Waals surface area contributed by atoms with E-state index in [1.54, 1.807) is 7.11 Å². The number of amides is 1. The molecule has 23 heavy (non-hydrogen) atoms. The number of ether oxygens (including phenoxy) is 1. The Morgan fingerprint density at radius 2 is 2.04 bits per heavy atom. The van der Waals surface area contributed by atoms with Crippen LogP contribution < -0.4 is 10.1 Å². The van der Waals surface area contributed by atoms with Crippen LogP contribution in [0.2, 0.25) is 0 Å². The molecule has 0 aliphatic carbocycles. The second kappa shape index (κ2) is 7.78. The molecule has 0 radical (unpaired) electrons. The first-order valence-electron chi connectivity index (χ1n) is 7.65. The van der Waals surface area contributed by atoms with E-state index in [0.717, 1.165) is 11.3 Å². The van der Waals surface area contributed by atoms with Gasteiger partial charge in [-0.25, -0.2) is 0 Å². The van der Waals surface area contributed by atoms with Crippen molar-refractivity contribution < 1.29 is 14.6 Å². The maximum absolute atomic E-state index is 12.3. The predicted octanol–water partition coefficient (Wildman–Crippen LogP) is 2.22. The van der Waals surface area contributed by atoms with Crippen LogP contribution in [0.3, 0.4) is 0 Å². The topological polar surface area (TPSA) is 87.2 Å². The molecule has 3 N–H and O–H groups in total. The molecule has 0 bridgehead atoms. The predicted molar refractivity (Wildman–Crippen MR) is 88.4 cm³/mol. The molecule has 0 fully saturated rings. The van der Waals surface area contributed by atoms with Crippen molar-refractivity contribution in [3.05, 3.63) is 36.0 Å². The molecule has 1 unspecified atom stereocenters. The van der Waals surface area contributed by atoms with Gasteiger partial charge < -0.3 is 15.2 Å². The number of aromatic amines is 1. The highest BCUT2D eigenvalue weighted by atomic mass is 16.5. The standard InChI is InChI=1S/C17H23N3O3/c1-11(2)8-13(21)9-18-17(22)15-10-19-20-16(15)12-4-6-14(23-3)7-5-12/h4-7,10-11,13,21H,8-9H2,1-3H3,(H,18,22)(H,19,20). The lowest BCUT2D eigenvalue weighted by Gasteiger charge is -2.13. The number of nitrogens with zero attached hydrogens (tertiary/aromatic N) is 1. The first-order chi connectivity index (χ1) is 11.0. The summed E-state index contributed by atoms with van der Waals surface area (Å²) in [6.45, 7) is 4.29. The molecule has 2 rings (SSSR count). The second-order valence-electron chi connectivity index (χ2n) is 5.88. The van der Waals surface area contributed by atoms with E-state index in [0.29, 0.717) is 23.6 Å². The number of aromatic nitrogens is 2. The van der Waals surface area contributed by atoms with E-state index in [9.17, 15) is 9.90 Å². The van der Waals surface area contributed by atoms with Gasteiger partial charge in [0.25, 0.3) is 5.91 Å². The maximum atomic E-state index is 12.3. The molecule has 6 heteroatoms. The van der Waals surface area contributed by atoms with Crippen LogP contribution in [0.4, 0.5) is 0 Å². The van der Waals surface area contributed by atoms with Gasteiger partial charge in [0.15, 0.2) is 0 Å². The number of carbonyl (C=O) groups excluding carboxylic acids is 1. The largest absolute Gasteiger partial charge is 0.497 e. The summed E-state index contributed by atoms with van der Waals surface area (Å²) < 4.78 is 5.13. The molecule has 1 aromatic carbocycles. The third kappa shape index (κ3) is 4.56. The molecule has 0 saturated heterocycles. The highest BCUT2D eigenvalue weighted by molar-refractivity contribution is 5.99. The van der Waals surface area contributed by atoms with Gasteiger partial charge in [-0.1, -0.05) is 13.8 Å². The van der Waals surface area contributed by atoms with Crippen molar-refractivity contribution in [2.24, 2.45) is 5.92 Å². The molecule has 1 heterocycles. The smallest absolute Gasteiger partial charge is 0.255 e. The molecule has 0 saturated carbocycles. The molecule has 2 aromatic rings. The fourth-order valence-electron chi connectivity index (χ4n) is 2.37. The van der Waals surface area contributed by atoms with Gasteiger partial charge in [-0.05, 0) is 36.6 Å². The van der Waals surface area contributed by atoms with Crippen LogP contribution >= 0.6 is 0 Å². The molecular weight excluding hydrogens is 294 g/mol. The molecule has 1 atom stereocenters. The quantitative estimate of drug-likeness (QED) is 0.731. The minimum absolute atomic E-state index is 0.226. The van der Waals surface area contributed by atoms with Crippen molar-refractivity contribution >= 4 is 5.91 Å². The number of hydrogen-bond acceptors (Lipinski definition) is 4. The SMILES string of the molecule is COc1ccc(-c2[nH]ncc2C(=O)NCC(O)CC(C)C)cc1. The van der Waals surface area contributed by atoms with Crippen LogP contribution in [0.5, 0.6) is 5.75 Å². The highest BCUT2D eigenvalue weighted by Crippen LogP contribution is 2.23. The van der Waals surface area contributed by atoms with Crippen molar-refractivity contribution in [2.75, 3.05) is 13.7 Å². The number of aliphatic hydroxyl groups excluding tert-OH is 1. The van der Waals surface area contributed by atoms with Gasteiger partial charge >= 0.3 is 0 Å². The number of nitrogens with one attached hydrogen (secondary N) is 2. The van der Waals surface area contributed by atoms with E-state index in [1.165, 1.54) is 6.20 Å². The zero-order valence-corrected chi connectivity index (χ0v) is 13.7. The van der Waals surface area contributed by atoms with Crippen molar-refractivity contribution in [3.8, 4) is 17.0 Å². The summed E-state index contributed by atoms with van der Waals surface area (Å²) >= 11 is 0. The molecule has 1 aromatic heterocycles. The van der Waals surface area contributed by atoms with Gasteiger partial charge in [0, 0.05) is 12.1 Å². The van der Waals surface area contributed by atoms with Crippen LogP contribution in [-0.4, -0.2) is 41.0 Å². The number of hydrogen-bond donors (Lipinski definition) is 3. The average Bonchev–Trinajstić information content (AvgIpc) is 3.01. The van der Waals surface area contributed by atoms with Crippen molar-refractivity contribution in [1.82, 2.24) is 15.5 Å². The van der Waals surface area contributed by atoms with Gasteiger partial charge in [-0.2, -0.15) is 5.10 Å². The Morgan fingerprint density at radius 1 is 1.35 bits per heavy atom. The zero-order chi connectivity index (χ0) is 16.8. The van der Waals surface area contributed by atoms with Crippen LogP contribution in [0.1, 0.15) is 30.6 Å². The lowest BCUT2D eigenvalue weighted by Crippen LogP contribution is -2.32. The summed E-state index contributed by atoms with van der Waals surface area (Å²) in [6.07, 6.45) is 1.59. The number of benzene rings is 1. The summed E-state index contributed by atoms with van der Waals surface area (Å²) in [5.41, 5.74) is 1.94. The van der Waals surface area contributed by atoms with Crippen molar-refractivity contribution in [2.45, 2.75) is 26.4 Å². The van der Waals surface area contributed by atoms with E-state index in [4.69, 9.17) is 4.74 Å². The van der Waals surface area contributed by atoms with E-state index >= 15 is 0 Å². The van der Waals surface area contributed by atoms with E-state index < -0.39 is 6.10 Å². The van der Waals surface area contributed by atoms with Gasteiger partial charge in [-0.3, -0.25) is 9.89 Å². The third-order valence-electron chi connectivity index (χ3n) is 3.50. The fourth-order valence-corrected chi connectivity index (χ4v) is 2.37. The Labute approximate surface area is 135 Å². The first kappa shape index (κ1) is 17.0. The normalized spacial score (nSPS) is 12.2. The maximum Gasteiger partial charge on any atom is 0.255 e. The Hall–Kier alpha value is -2.34. The molecule has 124 valence electrons. The van der Waals surface area contributed by atoms with Gasteiger partial charge in [0.05, 0.1) is 30.7 Å². The van der Waals surface area contributed by atoms with E-state index in [2.05, 4.69) is 15.5 Å². The third-order valence-corrected chi connectivity index (χ3v) is 3.50. The number of methoxy groups -OCH3 is 1. The zero-order valence-electron chi connectivity index (χ0n) is 13.7. The Balaban J connectivity index is 2.06. The van der Waals surface area contributed by atoms with Crippen molar-refractivity contribution in [3.63, 3.8) is 0 Å². The number of aliphatic hydroxyl groups is 1. The first-order valence-corrected chi connectivity index (χ1v) is 7.65. The Kier molecular flexibility index (Phi) is 5.76. The molecular formula is C17H23N3O3. The van der Waals surface area contributed by atoms with Crippen LogP contribution in [-0.2, 0) is 0 Å². The minimum Gasteiger partial charge on any atom is -0.497 e. The average molecular weight is 317 g/mol. The second-order valence-corrected chi connectivity index (χ2v) is 5.88. The summed E-state index contributed by atoms with van der Waals surface area (Å²) in [5.74, 6) is 0.870.